The van der Waals surface area contributed by atoms with Crippen LogP contribution in [0.25, 0.3) is 11.4 Å². The summed E-state index contributed by atoms with van der Waals surface area (Å²) in [4.78, 5) is 27.9. The zero-order chi connectivity index (χ0) is 17.9. The summed E-state index contributed by atoms with van der Waals surface area (Å²) in [5, 5.41) is 0. The van der Waals surface area contributed by atoms with E-state index in [9.17, 15) is 4.79 Å². The Morgan fingerprint density at radius 2 is 2.00 bits per heavy atom. The molecule has 2 aromatic heterocycles. The van der Waals surface area contributed by atoms with E-state index < -0.39 is 0 Å². The summed E-state index contributed by atoms with van der Waals surface area (Å²) < 4.78 is 2.05. The van der Waals surface area contributed by atoms with Crippen molar-refractivity contribution in [1.82, 2.24) is 24.4 Å². The van der Waals surface area contributed by atoms with Gasteiger partial charge in [0.1, 0.15) is 5.82 Å². The molecule has 3 aromatic rings. The molecular formula is C20H21N5O. The normalized spacial score (nSPS) is 13.0. The maximum atomic E-state index is 12.6. The molecule has 132 valence electrons. The Morgan fingerprint density at radius 1 is 1.15 bits per heavy atom. The fraction of sp³-hybridized carbons (Fsp3) is 0.300. The second-order valence-corrected chi connectivity index (χ2v) is 6.42. The number of imidazole rings is 1. The van der Waals surface area contributed by atoms with Crippen molar-refractivity contribution >= 4 is 5.91 Å². The van der Waals surface area contributed by atoms with Crippen LogP contribution in [-0.2, 0) is 30.8 Å². The highest BCUT2D eigenvalue weighted by Gasteiger charge is 2.25. The number of fused-ring (bicyclic) bond motifs is 1. The molecule has 0 saturated heterocycles. The van der Waals surface area contributed by atoms with Gasteiger partial charge < -0.3 is 9.47 Å². The number of nitrogens with zero attached hydrogens (tertiary/aromatic N) is 5. The Bertz CT molecular complexity index is 919. The van der Waals surface area contributed by atoms with E-state index in [2.05, 4.69) is 26.4 Å². The number of hydrogen-bond acceptors (Lipinski definition) is 4. The first-order chi connectivity index (χ1) is 12.7. The van der Waals surface area contributed by atoms with E-state index in [-0.39, 0.29) is 5.91 Å². The highest BCUT2D eigenvalue weighted by Crippen LogP contribution is 2.24. The Morgan fingerprint density at radius 3 is 2.81 bits per heavy atom. The van der Waals surface area contributed by atoms with Gasteiger partial charge in [0, 0.05) is 55.6 Å². The summed E-state index contributed by atoms with van der Waals surface area (Å²) in [7, 11) is 0. The number of aryl methyl sites for hydroxylation is 2. The first-order valence-corrected chi connectivity index (χ1v) is 8.92. The fourth-order valence-corrected chi connectivity index (χ4v) is 3.29. The minimum absolute atomic E-state index is 0.139. The van der Waals surface area contributed by atoms with Crippen molar-refractivity contribution in [3.63, 3.8) is 0 Å². The van der Waals surface area contributed by atoms with E-state index in [4.69, 9.17) is 0 Å². The molecule has 4 rings (SSSR count). The molecule has 0 radical (unpaired) electrons. The van der Waals surface area contributed by atoms with E-state index in [1.54, 1.807) is 6.20 Å². The van der Waals surface area contributed by atoms with Gasteiger partial charge >= 0.3 is 0 Å². The third-order valence-electron chi connectivity index (χ3n) is 4.73. The van der Waals surface area contributed by atoms with Crippen LogP contribution in [-0.4, -0.2) is 30.3 Å². The third-order valence-corrected chi connectivity index (χ3v) is 4.73. The molecule has 0 aliphatic carbocycles. The van der Waals surface area contributed by atoms with Crippen molar-refractivity contribution in [1.29, 1.82) is 0 Å². The van der Waals surface area contributed by atoms with E-state index in [1.807, 2.05) is 47.6 Å². The Kier molecular flexibility index (Phi) is 4.48. The van der Waals surface area contributed by atoms with Gasteiger partial charge in [-0.2, -0.15) is 0 Å². The second-order valence-electron chi connectivity index (χ2n) is 6.42. The van der Waals surface area contributed by atoms with Crippen LogP contribution in [0.2, 0.25) is 0 Å². The molecule has 1 aromatic carbocycles. The molecule has 0 atom stereocenters. The number of amides is 1. The van der Waals surface area contributed by atoms with Crippen LogP contribution in [0.5, 0.6) is 0 Å². The average molecular weight is 347 g/mol. The largest absolute Gasteiger partial charge is 0.334 e. The van der Waals surface area contributed by atoms with Crippen molar-refractivity contribution in [2.24, 2.45) is 0 Å². The lowest BCUT2D eigenvalue weighted by atomic mass is 10.2. The van der Waals surface area contributed by atoms with Crippen molar-refractivity contribution in [3.8, 4) is 11.4 Å². The molecule has 0 bridgehead atoms. The van der Waals surface area contributed by atoms with E-state index in [1.165, 1.54) is 0 Å². The highest BCUT2D eigenvalue weighted by atomic mass is 16.2. The van der Waals surface area contributed by atoms with Crippen LogP contribution in [0.3, 0.4) is 0 Å². The van der Waals surface area contributed by atoms with Crippen molar-refractivity contribution in [2.75, 3.05) is 0 Å². The Labute approximate surface area is 152 Å². The van der Waals surface area contributed by atoms with Crippen LogP contribution in [0.1, 0.15) is 30.4 Å². The van der Waals surface area contributed by atoms with Crippen LogP contribution >= 0.6 is 0 Å². The van der Waals surface area contributed by atoms with Gasteiger partial charge in [-0.25, -0.2) is 15.0 Å². The predicted molar refractivity (Wildman–Crippen MR) is 97.9 cm³/mol. The maximum absolute atomic E-state index is 12.6. The number of hydrogen-bond donors (Lipinski definition) is 0. The summed E-state index contributed by atoms with van der Waals surface area (Å²) in [6, 6.07) is 9.92. The summed E-state index contributed by atoms with van der Waals surface area (Å²) in [6.45, 7) is 3.88. The van der Waals surface area contributed by atoms with Gasteiger partial charge in [0.15, 0.2) is 5.82 Å². The molecule has 6 nitrogen and oxygen atoms in total. The first kappa shape index (κ1) is 16.4. The first-order valence-electron chi connectivity index (χ1n) is 8.92. The number of carbonyl (C=O) groups is 1. The predicted octanol–water partition coefficient (Wildman–Crippen LogP) is 2.84. The van der Waals surface area contributed by atoms with Gasteiger partial charge in [-0.1, -0.05) is 37.3 Å². The average Bonchev–Trinajstić information content (AvgIpc) is 3.32. The lowest BCUT2D eigenvalue weighted by molar-refractivity contribution is -0.132. The third kappa shape index (κ3) is 3.22. The lowest BCUT2D eigenvalue weighted by Gasteiger charge is -2.15. The van der Waals surface area contributed by atoms with Gasteiger partial charge in [-0.3, -0.25) is 4.79 Å². The number of rotatable bonds is 5. The van der Waals surface area contributed by atoms with Crippen LogP contribution in [0.15, 0.2) is 48.9 Å². The molecule has 3 heterocycles. The van der Waals surface area contributed by atoms with E-state index >= 15 is 0 Å². The van der Waals surface area contributed by atoms with Gasteiger partial charge in [0.25, 0.3) is 0 Å². The Balaban J connectivity index is 1.42. The molecule has 0 spiro atoms. The number of benzene rings is 1. The summed E-state index contributed by atoms with van der Waals surface area (Å²) >= 11 is 0. The molecule has 0 unspecified atom stereocenters. The van der Waals surface area contributed by atoms with E-state index in [0.717, 1.165) is 29.1 Å². The van der Waals surface area contributed by atoms with Gasteiger partial charge in [0.05, 0.1) is 12.2 Å². The standard InChI is InChI=1S/C20H21N5O/c1-2-18-21-9-11-24(18)10-8-19(26)25-13-16-12-22-20(23-17(16)14-25)15-6-4-3-5-7-15/h3-7,9,11-12H,2,8,10,13-14H2,1H3. The molecule has 26 heavy (non-hydrogen) atoms. The summed E-state index contributed by atoms with van der Waals surface area (Å²) in [5.41, 5.74) is 2.98. The molecule has 0 fully saturated rings. The molecule has 1 aliphatic rings. The van der Waals surface area contributed by atoms with Gasteiger partial charge in [-0.15, -0.1) is 0 Å². The van der Waals surface area contributed by atoms with Gasteiger partial charge in [0.2, 0.25) is 5.91 Å². The van der Waals surface area contributed by atoms with Crippen LogP contribution < -0.4 is 0 Å². The SMILES string of the molecule is CCc1nccn1CCC(=O)N1Cc2cnc(-c3ccccc3)nc2C1. The van der Waals surface area contributed by atoms with Crippen molar-refractivity contribution in [3.05, 3.63) is 66.0 Å². The molecule has 6 heteroatoms. The fourth-order valence-electron chi connectivity index (χ4n) is 3.29. The maximum Gasteiger partial charge on any atom is 0.225 e. The zero-order valence-corrected chi connectivity index (χ0v) is 14.8. The second kappa shape index (κ2) is 7.07. The topological polar surface area (TPSA) is 63.9 Å². The smallest absolute Gasteiger partial charge is 0.225 e. The summed E-state index contributed by atoms with van der Waals surface area (Å²) in [5.74, 6) is 1.87. The quantitative estimate of drug-likeness (QED) is 0.712. The van der Waals surface area contributed by atoms with Crippen LogP contribution in [0, 0.1) is 0 Å². The number of aromatic nitrogens is 4. The zero-order valence-electron chi connectivity index (χ0n) is 14.8. The van der Waals surface area contributed by atoms with Crippen molar-refractivity contribution < 1.29 is 4.79 Å². The lowest BCUT2D eigenvalue weighted by Crippen LogP contribution is -2.26. The van der Waals surface area contributed by atoms with Gasteiger partial charge in [-0.05, 0) is 0 Å². The number of carbonyl (C=O) groups excluding carboxylic acids is 1. The van der Waals surface area contributed by atoms with E-state index in [0.29, 0.717) is 31.9 Å². The highest BCUT2D eigenvalue weighted by molar-refractivity contribution is 5.76. The summed E-state index contributed by atoms with van der Waals surface area (Å²) in [6.07, 6.45) is 6.91. The Hall–Kier alpha value is -3.02. The minimum atomic E-state index is 0.139. The van der Waals surface area contributed by atoms with Crippen LogP contribution in [0.4, 0.5) is 0 Å². The molecule has 0 saturated carbocycles. The monoisotopic (exact) mass is 347 g/mol. The molecular weight excluding hydrogens is 326 g/mol. The molecule has 1 amide bonds. The minimum Gasteiger partial charge on any atom is -0.334 e. The molecule has 0 N–H and O–H groups in total. The molecule has 1 aliphatic heterocycles. The van der Waals surface area contributed by atoms with Crippen molar-refractivity contribution in [2.45, 2.75) is 39.4 Å².